The van der Waals surface area contributed by atoms with Crippen molar-refractivity contribution in [2.45, 2.75) is 19.4 Å². The highest BCUT2D eigenvalue weighted by atomic mass is 16.6. The Morgan fingerprint density at radius 1 is 1.43 bits per heavy atom. The third-order valence-electron chi connectivity index (χ3n) is 3.04. The summed E-state index contributed by atoms with van der Waals surface area (Å²) < 4.78 is 4.78. The van der Waals surface area contributed by atoms with Crippen molar-refractivity contribution in [3.05, 3.63) is 34.4 Å². The highest BCUT2D eigenvalue weighted by Crippen LogP contribution is 2.27. The molecule has 0 unspecified atom stereocenters. The van der Waals surface area contributed by atoms with Crippen LogP contribution in [0.5, 0.6) is 0 Å². The van der Waals surface area contributed by atoms with Crippen LogP contribution in [0.3, 0.4) is 0 Å². The van der Waals surface area contributed by atoms with Crippen molar-refractivity contribution in [1.82, 2.24) is 0 Å². The molecule has 23 heavy (non-hydrogen) atoms. The Labute approximate surface area is 131 Å². The van der Waals surface area contributed by atoms with E-state index in [4.69, 9.17) is 4.74 Å². The molecule has 0 spiro atoms. The molecule has 0 heterocycles. The Morgan fingerprint density at radius 2 is 2.00 bits per heavy atom. The monoisotopic (exact) mass is 321 g/mol. The number of non-ortho nitro benzene ring substituents is 1. The van der Waals surface area contributed by atoms with E-state index in [0.717, 1.165) is 24.0 Å². The number of hydrogen-bond acceptors (Lipinski definition) is 7. The van der Waals surface area contributed by atoms with Gasteiger partial charge in [-0.25, -0.2) is 4.79 Å². The Kier molecular flexibility index (Phi) is 5.75. The van der Waals surface area contributed by atoms with Crippen LogP contribution in [0.25, 0.3) is 0 Å². The molecule has 0 saturated heterocycles. The van der Waals surface area contributed by atoms with Crippen LogP contribution in [0.1, 0.15) is 13.8 Å². The normalized spacial score (nSPS) is 12.6. The minimum Gasteiger partial charge on any atom is -0.463 e. The first-order valence-corrected chi connectivity index (χ1v) is 6.58. The zero-order valence-electron chi connectivity index (χ0n) is 12.6. The number of ether oxygens (including phenoxy) is 1. The van der Waals surface area contributed by atoms with Gasteiger partial charge in [0.15, 0.2) is 0 Å². The molecule has 0 radical (unpaired) electrons. The van der Waals surface area contributed by atoms with Crippen LogP contribution < -0.4 is 4.90 Å². The molecule has 0 fully saturated rings. The molecule has 1 atom stereocenters. The third-order valence-corrected chi connectivity index (χ3v) is 3.04. The number of amides is 1. The molecule has 0 aliphatic rings. The highest BCUT2D eigenvalue weighted by molar-refractivity contribution is 6.03. The lowest BCUT2D eigenvalue weighted by atomic mass is 9.98. The van der Waals surface area contributed by atoms with E-state index in [1.54, 1.807) is 6.07 Å². The number of aliphatic hydroxyl groups is 1. The second kappa shape index (κ2) is 7.33. The summed E-state index contributed by atoms with van der Waals surface area (Å²) in [5.74, 6) is -1.79. The molecule has 0 aliphatic carbocycles. The van der Waals surface area contributed by atoms with Crippen molar-refractivity contribution < 1.29 is 24.4 Å². The molecule has 0 saturated carbocycles. The Morgan fingerprint density at radius 3 is 2.35 bits per heavy atom. The summed E-state index contributed by atoms with van der Waals surface area (Å²) in [5.41, 5.74) is -2.44. The average molecular weight is 321 g/mol. The van der Waals surface area contributed by atoms with E-state index in [1.807, 2.05) is 0 Å². The molecule has 1 rings (SSSR count). The van der Waals surface area contributed by atoms with Crippen molar-refractivity contribution in [3.8, 4) is 6.07 Å². The van der Waals surface area contributed by atoms with Gasteiger partial charge >= 0.3 is 5.97 Å². The van der Waals surface area contributed by atoms with Gasteiger partial charge in [-0.3, -0.25) is 19.8 Å². The van der Waals surface area contributed by atoms with Gasteiger partial charge in [-0.2, -0.15) is 5.26 Å². The van der Waals surface area contributed by atoms with Crippen LogP contribution in [0.4, 0.5) is 11.4 Å². The van der Waals surface area contributed by atoms with Crippen LogP contribution in [0.2, 0.25) is 0 Å². The Hall–Kier alpha value is -2.99. The largest absolute Gasteiger partial charge is 0.463 e. The van der Waals surface area contributed by atoms with Gasteiger partial charge in [-0.1, -0.05) is 0 Å². The molecule has 9 nitrogen and oxygen atoms in total. The highest BCUT2D eigenvalue weighted by Gasteiger charge is 2.48. The number of benzene rings is 1. The first-order chi connectivity index (χ1) is 10.8. The summed E-state index contributed by atoms with van der Waals surface area (Å²) in [4.78, 5) is 34.9. The third kappa shape index (κ3) is 3.44. The number of nitro benzene ring substituents is 1. The van der Waals surface area contributed by atoms with E-state index in [0.29, 0.717) is 0 Å². The van der Waals surface area contributed by atoms with Crippen LogP contribution in [0.15, 0.2) is 24.3 Å². The van der Waals surface area contributed by atoms with E-state index in [2.05, 4.69) is 0 Å². The quantitative estimate of drug-likeness (QED) is 0.464. The Bertz CT molecular complexity index is 651. The minimum absolute atomic E-state index is 0.0474. The number of rotatable bonds is 6. The summed E-state index contributed by atoms with van der Waals surface area (Å²) in [6.45, 7) is 1.58. The van der Waals surface area contributed by atoms with Crippen LogP contribution in [-0.4, -0.2) is 40.7 Å². The number of hydrogen-bond donors (Lipinski definition) is 1. The fourth-order valence-corrected chi connectivity index (χ4v) is 2.00. The van der Waals surface area contributed by atoms with Gasteiger partial charge in [0.05, 0.1) is 18.1 Å². The van der Waals surface area contributed by atoms with Gasteiger partial charge in [-0.15, -0.1) is 0 Å². The summed E-state index contributed by atoms with van der Waals surface area (Å²) >= 11 is 0. The standard InChI is InChI=1S/C14H15N3O6/c1-3-23-13(20)14(8-15,9-18)16(10(2)19)11-4-6-12(7-5-11)17(21)22/h4-7,18H,3,9H2,1-2H3/t14-/m0/s1. The summed E-state index contributed by atoms with van der Waals surface area (Å²) in [5, 5.41) is 29.6. The lowest BCUT2D eigenvalue weighted by molar-refractivity contribution is -0.384. The molecule has 122 valence electrons. The van der Waals surface area contributed by atoms with Crippen molar-refractivity contribution >= 4 is 23.3 Å². The van der Waals surface area contributed by atoms with E-state index in [9.17, 15) is 30.1 Å². The average Bonchev–Trinajstić information content (AvgIpc) is 2.52. The van der Waals surface area contributed by atoms with Crippen LogP contribution >= 0.6 is 0 Å². The smallest absolute Gasteiger partial charge is 0.349 e. The number of carbonyl (C=O) groups excluding carboxylic acids is 2. The van der Waals surface area contributed by atoms with Gasteiger partial charge in [0.2, 0.25) is 5.91 Å². The fourth-order valence-electron chi connectivity index (χ4n) is 2.00. The first kappa shape index (κ1) is 18.1. The van der Waals surface area contributed by atoms with E-state index < -0.39 is 28.9 Å². The van der Waals surface area contributed by atoms with E-state index in [1.165, 1.54) is 19.1 Å². The van der Waals surface area contributed by atoms with Crippen molar-refractivity contribution in [2.24, 2.45) is 0 Å². The van der Waals surface area contributed by atoms with Crippen molar-refractivity contribution in [3.63, 3.8) is 0 Å². The van der Waals surface area contributed by atoms with Crippen molar-refractivity contribution in [2.75, 3.05) is 18.1 Å². The number of aliphatic hydroxyl groups excluding tert-OH is 1. The second-order valence-corrected chi connectivity index (χ2v) is 4.48. The number of nitrogens with zero attached hydrogens (tertiary/aromatic N) is 3. The molecular weight excluding hydrogens is 306 g/mol. The van der Waals surface area contributed by atoms with Gasteiger partial charge < -0.3 is 9.84 Å². The predicted molar refractivity (Wildman–Crippen MR) is 78.3 cm³/mol. The lowest BCUT2D eigenvalue weighted by Gasteiger charge is -2.34. The summed E-state index contributed by atoms with van der Waals surface area (Å²) in [6, 6.07) is 6.27. The fraction of sp³-hybridized carbons (Fsp3) is 0.357. The summed E-state index contributed by atoms with van der Waals surface area (Å²) in [7, 11) is 0. The molecule has 1 aromatic rings. The SMILES string of the molecule is CCOC(=O)[C@](C#N)(CO)N(C(C)=O)c1ccc([N+](=O)[O-])cc1. The molecule has 0 aromatic heterocycles. The first-order valence-electron chi connectivity index (χ1n) is 6.58. The van der Waals surface area contributed by atoms with Gasteiger partial charge in [0.1, 0.15) is 6.07 Å². The zero-order valence-corrected chi connectivity index (χ0v) is 12.6. The van der Waals surface area contributed by atoms with E-state index in [-0.39, 0.29) is 18.0 Å². The molecule has 0 aliphatic heterocycles. The number of anilines is 1. The van der Waals surface area contributed by atoms with E-state index >= 15 is 0 Å². The number of nitriles is 1. The zero-order chi connectivity index (χ0) is 17.6. The minimum atomic E-state index is -2.27. The van der Waals surface area contributed by atoms with Crippen LogP contribution in [-0.2, 0) is 14.3 Å². The second-order valence-electron chi connectivity index (χ2n) is 4.48. The maximum Gasteiger partial charge on any atom is 0.349 e. The molecule has 1 N–H and O–H groups in total. The van der Waals surface area contributed by atoms with Crippen LogP contribution in [0, 0.1) is 21.4 Å². The topological polar surface area (TPSA) is 134 Å². The molecule has 1 amide bonds. The van der Waals surface area contributed by atoms with Gasteiger partial charge in [0.25, 0.3) is 11.2 Å². The molecule has 1 aromatic carbocycles. The van der Waals surface area contributed by atoms with Gasteiger partial charge in [0, 0.05) is 24.7 Å². The Balaban J connectivity index is 3.43. The number of nitro groups is 1. The predicted octanol–water partition coefficient (Wildman–Crippen LogP) is 0.765. The maximum absolute atomic E-state index is 12.1. The summed E-state index contributed by atoms with van der Waals surface area (Å²) in [6.07, 6.45) is 0. The lowest BCUT2D eigenvalue weighted by Crippen LogP contribution is -2.59. The molecule has 9 heteroatoms. The van der Waals surface area contributed by atoms with Crippen molar-refractivity contribution in [1.29, 1.82) is 5.26 Å². The number of esters is 1. The number of carbonyl (C=O) groups is 2. The maximum atomic E-state index is 12.1. The van der Waals surface area contributed by atoms with Gasteiger partial charge in [-0.05, 0) is 19.1 Å². The molecule has 0 bridgehead atoms. The molecular formula is C14H15N3O6.